The van der Waals surface area contributed by atoms with E-state index in [1.54, 1.807) is 11.8 Å². The molecule has 1 atom stereocenters. The van der Waals surface area contributed by atoms with Crippen LogP contribution < -0.4 is 10.6 Å². The van der Waals surface area contributed by atoms with Gasteiger partial charge in [-0.25, -0.2) is 0 Å². The van der Waals surface area contributed by atoms with E-state index in [2.05, 4.69) is 17.6 Å². The van der Waals surface area contributed by atoms with Crippen LogP contribution in [0.4, 0.5) is 0 Å². The number of aromatic nitrogens is 1. The van der Waals surface area contributed by atoms with E-state index < -0.39 is 5.54 Å². The van der Waals surface area contributed by atoms with Crippen molar-refractivity contribution in [2.75, 3.05) is 13.1 Å². The molecule has 33 heavy (non-hydrogen) atoms. The second-order valence-electron chi connectivity index (χ2n) is 8.63. The summed E-state index contributed by atoms with van der Waals surface area (Å²) in [5.74, 6) is -0.801. The molecule has 0 aliphatic carbocycles. The summed E-state index contributed by atoms with van der Waals surface area (Å²) in [7, 11) is 0. The Labute approximate surface area is 193 Å². The third kappa shape index (κ3) is 4.23. The van der Waals surface area contributed by atoms with E-state index in [9.17, 15) is 14.4 Å². The topological polar surface area (TPSA) is 83.4 Å². The van der Waals surface area contributed by atoms with Gasteiger partial charge in [0.05, 0.1) is 13.1 Å². The van der Waals surface area contributed by atoms with Gasteiger partial charge in [-0.3, -0.25) is 14.4 Å². The molecule has 0 saturated carbocycles. The molecular formula is C26H30N4O3. The van der Waals surface area contributed by atoms with Gasteiger partial charge in [0.15, 0.2) is 0 Å². The van der Waals surface area contributed by atoms with Crippen molar-refractivity contribution in [1.29, 1.82) is 0 Å². The molecule has 1 aliphatic rings. The van der Waals surface area contributed by atoms with Gasteiger partial charge in [-0.1, -0.05) is 49.4 Å². The van der Waals surface area contributed by atoms with E-state index in [0.717, 1.165) is 22.9 Å². The Morgan fingerprint density at radius 2 is 1.70 bits per heavy atom. The van der Waals surface area contributed by atoms with Gasteiger partial charge in [0.25, 0.3) is 5.91 Å². The van der Waals surface area contributed by atoms with Crippen LogP contribution in [0.3, 0.4) is 0 Å². The number of fused-ring (bicyclic) bond motifs is 3. The van der Waals surface area contributed by atoms with Crippen molar-refractivity contribution >= 4 is 28.6 Å². The van der Waals surface area contributed by atoms with Crippen molar-refractivity contribution in [3.05, 3.63) is 71.4 Å². The third-order valence-electron chi connectivity index (χ3n) is 6.47. The molecule has 0 spiro atoms. The molecule has 1 aromatic heterocycles. The molecule has 1 aliphatic heterocycles. The molecule has 4 rings (SSSR count). The Kier molecular flexibility index (Phi) is 6.22. The lowest BCUT2D eigenvalue weighted by Crippen LogP contribution is -2.64. The van der Waals surface area contributed by atoms with Gasteiger partial charge in [-0.15, -0.1) is 0 Å². The summed E-state index contributed by atoms with van der Waals surface area (Å²) in [4.78, 5) is 40.4. The normalized spacial score (nSPS) is 17.7. The smallest absolute Gasteiger partial charge is 0.271 e. The van der Waals surface area contributed by atoms with E-state index in [4.69, 9.17) is 0 Å². The fraction of sp³-hybridized carbons (Fsp3) is 0.346. The van der Waals surface area contributed by atoms with Crippen LogP contribution in [-0.4, -0.2) is 45.8 Å². The maximum Gasteiger partial charge on any atom is 0.271 e. The lowest BCUT2D eigenvalue weighted by Gasteiger charge is -2.43. The van der Waals surface area contributed by atoms with Crippen molar-refractivity contribution in [2.24, 2.45) is 0 Å². The predicted molar refractivity (Wildman–Crippen MR) is 128 cm³/mol. The monoisotopic (exact) mass is 446 g/mol. The molecule has 2 N–H and O–H groups in total. The zero-order valence-electron chi connectivity index (χ0n) is 19.4. The minimum absolute atomic E-state index is 0.146. The zero-order valence-corrected chi connectivity index (χ0v) is 19.4. The number of hydrogen-bond acceptors (Lipinski definition) is 3. The number of likely N-dealkylation sites (N-methyl/N-ethyl adjacent to an activating group) is 1. The maximum atomic E-state index is 13.3. The van der Waals surface area contributed by atoms with Crippen molar-refractivity contribution < 1.29 is 14.4 Å². The van der Waals surface area contributed by atoms with Gasteiger partial charge in [-0.2, -0.15) is 0 Å². The van der Waals surface area contributed by atoms with Crippen LogP contribution in [0.5, 0.6) is 0 Å². The van der Waals surface area contributed by atoms with Crippen LogP contribution in [0.15, 0.2) is 54.6 Å². The molecule has 0 bridgehead atoms. The number of nitrogens with one attached hydrogen (secondary N) is 2. The average molecular weight is 447 g/mol. The van der Waals surface area contributed by atoms with Crippen LogP contribution in [0.25, 0.3) is 10.9 Å². The van der Waals surface area contributed by atoms with Gasteiger partial charge in [0.2, 0.25) is 11.8 Å². The number of aryl methyl sites for hydroxylation is 1. The summed E-state index contributed by atoms with van der Waals surface area (Å²) in [6.07, 6.45) is 0.967. The zero-order chi connectivity index (χ0) is 23.6. The Morgan fingerprint density at radius 3 is 2.39 bits per heavy atom. The average Bonchev–Trinajstić information content (AvgIpc) is 3.20. The van der Waals surface area contributed by atoms with E-state index in [0.29, 0.717) is 25.3 Å². The first-order valence-corrected chi connectivity index (χ1v) is 11.4. The summed E-state index contributed by atoms with van der Waals surface area (Å²) in [6.45, 7) is 6.68. The second kappa shape index (κ2) is 9.10. The van der Waals surface area contributed by atoms with Gasteiger partial charge in [0, 0.05) is 24.0 Å². The highest BCUT2D eigenvalue weighted by molar-refractivity contribution is 6.04. The number of amides is 3. The molecule has 2 aromatic carbocycles. The van der Waals surface area contributed by atoms with Crippen LogP contribution in [-0.2, 0) is 29.1 Å². The summed E-state index contributed by atoms with van der Waals surface area (Å²) < 4.78 is 1.91. The van der Waals surface area contributed by atoms with E-state index >= 15 is 0 Å². The third-order valence-corrected chi connectivity index (χ3v) is 6.47. The van der Waals surface area contributed by atoms with Gasteiger partial charge in [0.1, 0.15) is 11.2 Å². The second-order valence-corrected chi connectivity index (χ2v) is 8.63. The quantitative estimate of drug-likeness (QED) is 0.585. The van der Waals surface area contributed by atoms with Crippen LogP contribution >= 0.6 is 0 Å². The van der Waals surface area contributed by atoms with Crippen LogP contribution in [0.2, 0.25) is 0 Å². The van der Waals surface area contributed by atoms with Crippen LogP contribution in [0, 0.1) is 0 Å². The summed E-state index contributed by atoms with van der Waals surface area (Å²) in [6, 6.07) is 17.7. The molecule has 0 saturated heterocycles. The summed E-state index contributed by atoms with van der Waals surface area (Å²) in [5, 5.41) is 6.55. The number of carbonyl (C=O) groups is 3. The molecule has 0 radical (unpaired) electrons. The summed E-state index contributed by atoms with van der Waals surface area (Å²) in [5.41, 5.74) is 2.64. The van der Waals surface area contributed by atoms with Crippen molar-refractivity contribution in [2.45, 2.75) is 45.8 Å². The van der Waals surface area contributed by atoms with E-state index in [1.807, 2.05) is 66.1 Å². The fourth-order valence-electron chi connectivity index (χ4n) is 4.51. The molecule has 172 valence electrons. The van der Waals surface area contributed by atoms with Gasteiger partial charge >= 0.3 is 0 Å². The standard InChI is InChI=1S/C26H30N4O3/c1-4-18-10-12-19(13-11-18)15-27-23(31)16-28-25(33)26(3)17-29-21-9-7-6-8-20(21)14-22(29)24(32)30(26)5-2/h6-14H,4-5,15-17H2,1-3H3,(H,27,31)(H,28,33)/t26-/m0/s1. The fourth-order valence-corrected chi connectivity index (χ4v) is 4.51. The molecule has 3 amide bonds. The first-order valence-electron chi connectivity index (χ1n) is 11.4. The van der Waals surface area contributed by atoms with Gasteiger partial charge in [-0.05, 0) is 43.5 Å². The van der Waals surface area contributed by atoms with E-state index in [-0.39, 0.29) is 24.3 Å². The highest BCUT2D eigenvalue weighted by Gasteiger charge is 2.46. The number of carbonyl (C=O) groups excluding carboxylic acids is 3. The van der Waals surface area contributed by atoms with Crippen molar-refractivity contribution in [1.82, 2.24) is 20.1 Å². The molecular weight excluding hydrogens is 416 g/mol. The Hall–Kier alpha value is -3.61. The van der Waals surface area contributed by atoms with Gasteiger partial charge < -0.3 is 20.1 Å². The Morgan fingerprint density at radius 1 is 1.00 bits per heavy atom. The van der Waals surface area contributed by atoms with Crippen LogP contribution in [0.1, 0.15) is 42.4 Å². The Balaban J connectivity index is 1.44. The number of rotatable bonds is 7. The first kappa shape index (κ1) is 22.6. The Bertz CT molecular complexity index is 1200. The van der Waals surface area contributed by atoms with Crippen molar-refractivity contribution in [3.8, 4) is 0 Å². The molecule has 0 fully saturated rings. The highest BCUT2D eigenvalue weighted by Crippen LogP contribution is 2.32. The number of hydrogen-bond donors (Lipinski definition) is 2. The number of nitrogens with zero attached hydrogens (tertiary/aromatic N) is 2. The maximum absolute atomic E-state index is 13.3. The molecule has 7 heteroatoms. The number of benzene rings is 2. The SMILES string of the molecule is CCc1ccc(CNC(=O)CNC(=O)[C@]2(C)Cn3c(cc4ccccc43)C(=O)N2CC)cc1. The van der Waals surface area contributed by atoms with Crippen molar-refractivity contribution in [3.63, 3.8) is 0 Å². The van der Waals surface area contributed by atoms with E-state index in [1.165, 1.54) is 5.56 Å². The largest absolute Gasteiger partial charge is 0.350 e. The highest BCUT2D eigenvalue weighted by atomic mass is 16.2. The predicted octanol–water partition coefficient (Wildman–Crippen LogP) is 2.87. The minimum atomic E-state index is -1.10. The minimum Gasteiger partial charge on any atom is -0.350 e. The molecule has 2 heterocycles. The lowest BCUT2D eigenvalue weighted by atomic mass is 9.95. The first-order chi connectivity index (χ1) is 15.9. The summed E-state index contributed by atoms with van der Waals surface area (Å²) >= 11 is 0. The molecule has 7 nitrogen and oxygen atoms in total. The lowest BCUT2D eigenvalue weighted by molar-refractivity contribution is -0.134. The molecule has 0 unspecified atom stereocenters. The number of para-hydroxylation sites is 1. The molecule has 3 aromatic rings.